The highest BCUT2D eigenvalue weighted by molar-refractivity contribution is 8.00. The standard InChI is InChI=1S/C13H27NS/c1-5-6-7-8-9-10-13(4)14-12(2,3)11-15-13/h14H,5-11H2,1-4H3. The van der Waals surface area contributed by atoms with Crippen molar-refractivity contribution in [2.45, 2.75) is 76.6 Å². The quantitative estimate of drug-likeness (QED) is 0.686. The van der Waals surface area contributed by atoms with Gasteiger partial charge in [-0.05, 0) is 27.2 Å². The van der Waals surface area contributed by atoms with Crippen molar-refractivity contribution in [2.24, 2.45) is 0 Å². The molecular weight excluding hydrogens is 202 g/mol. The van der Waals surface area contributed by atoms with Crippen LogP contribution in [0, 0.1) is 0 Å². The highest BCUT2D eigenvalue weighted by Gasteiger charge is 2.38. The van der Waals surface area contributed by atoms with Crippen LogP contribution >= 0.6 is 11.8 Å². The summed E-state index contributed by atoms with van der Waals surface area (Å²) in [6, 6.07) is 0. The second-order valence-corrected chi connectivity index (χ2v) is 7.17. The van der Waals surface area contributed by atoms with E-state index in [-0.39, 0.29) is 0 Å². The summed E-state index contributed by atoms with van der Waals surface area (Å²) >= 11 is 2.10. The van der Waals surface area contributed by atoms with Gasteiger partial charge in [0.1, 0.15) is 0 Å². The van der Waals surface area contributed by atoms with Crippen molar-refractivity contribution >= 4 is 11.8 Å². The Morgan fingerprint density at radius 1 is 1.07 bits per heavy atom. The summed E-state index contributed by atoms with van der Waals surface area (Å²) < 4.78 is 0. The molecule has 1 N–H and O–H groups in total. The van der Waals surface area contributed by atoms with Crippen LogP contribution in [0.2, 0.25) is 0 Å². The minimum absolute atomic E-state index is 0.336. The summed E-state index contributed by atoms with van der Waals surface area (Å²) in [5, 5.41) is 3.76. The lowest BCUT2D eigenvalue weighted by atomic mass is 10.0. The summed E-state index contributed by atoms with van der Waals surface area (Å²) in [7, 11) is 0. The number of nitrogens with one attached hydrogen (secondary N) is 1. The van der Waals surface area contributed by atoms with Crippen molar-refractivity contribution in [1.82, 2.24) is 5.32 Å². The molecule has 90 valence electrons. The van der Waals surface area contributed by atoms with E-state index in [1.807, 2.05) is 0 Å². The van der Waals surface area contributed by atoms with Crippen LogP contribution in [0.5, 0.6) is 0 Å². The van der Waals surface area contributed by atoms with Crippen molar-refractivity contribution in [1.29, 1.82) is 0 Å². The van der Waals surface area contributed by atoms with Crippen LogP contribution in [-0.2, 0) is 0 Å². The molecule has 1 saturated heterocycles. The summed E-state index contributed by atoms with van der Waals surface area (Å²) in [4.78, 5) is 0.343. The molecule has 1 aliphatic rings. The van der Waals surface area contributed by atoms with Gasteiger partial charge in [-0.15, -0.1) is 11.8 Å². The lowest BCUT2D eigenvalue weighted by Gasteiger charge is -2.27. The van der Waals surface area contributed by atoms with E-state index < -0.39 is 0 Å². The van der Waals surface area contributed by atoms with E-state index in [1.54, 1.807) is 0 Å². The third-order valence-electron chi connectivity index (χ3n) is 3.11. The minimum Gasteiger partial charge on any atom is -0.297 e. The summed E-state index contributed by atoms with van der Waals surface area (Å²) in [5.74, 6) is 1.25. The first-order valence-corrected chi connectivity index (χ1v) is 7.39. The number of hydrogen-bond donors (Lipinski definition) is 1. The maximum atomic E-state index is 3.76. The summed E-state index contributed by atoms with van der Waals surface area (Å²) in [6.07, 6.45) is 8.28. The molecular formula is C13H27NS. The number of unbranched alkanes of at least 4 members (excludes halogenated alkanes) is 4. The second-order valence-electron chi connectivity index (χ2n) is 5.69. The van der Waals surface area contributed by atoms with E-state index in [0.717, 1.165) is 0 Å². The molecule has 0 spiro atoms. The Morgan fingerprint density at radius 3 is 2.27 bits per heavy atom. The topological polar surface area (TPSA) is 12.0 Å². The van der Waals surface area contributed by atoms with Gasteiger partial charge >= 0.3 is 0 Å². The molecule has 0 amide bonds. The van der Waals surface area contributed by atoms with Gasteiger partial charge in [-0.1, -0.05) is 39.0 Å². The number of thioether (sulfide) groups is 1. The van der Waals surface area contributed by atoms with Gasteiger partial charge in [0, 0.05) is 11.3 Å². The van der Waals surface area contributed by atoms with Gasteiger partial charge in [0.25, 0.3) is 0 Å². The predicted molar refractivity (Wildman–Crippen MR) is 71.5 cm³/mol. The molecule has 2 heteroatoms. The van der Waals surface area contributed by atoms with E-state index in [9.17, 15) is 0 Å². The van der Waals surface area contributed by atoms with Crippen LogP contribution in [0.15, 0.2) is 0 Å². The van der Waals surface area contributed by atoms with E-state index in [4.69, 9.17) is 0 Å². The first-order chi connectivity index (χ1) is 6.97. The maximum absolute atomic E-state index is 3.76. The Bertz CT molecular complexity index is 191. The van der Waals surface area contributed by atoms with Gasteiger partial charge in [-0.2, -0.15) is 0 Å². The van der Waals surface area contributed by atoms with Gasteiger partial charge in [-0.3, -0.25) is 5.32 Å². The van der Waals surface area contributed by atoms with Gasteiger partial charge in [0.2, 0.25) is 0 Å². The maximum Gasteiger partial charge on any atom is 0.0621 e. The first-order valence-electron chi connectivity index (χ1n) is 6.41. The largest absolute Gasteiger partial charge is 0.297 e. The summed E-state index contributed by atoms with van der Waals surface area (Å²) in [6.45, 7) is 9.26. The third kappa shape index (κ3) is 4.78. The van der Waals surface area contributed by atoms with Crippen molar-refractivity contribution in [3.63, 3.8) is 0 Å². The van der Waals surface area contributed by atoms with Crippen LogP contribution < -0.4 is 5.32 Å². The van der Waals surface area contributed by atoms with Crippen LogP contribution in [0.3, 0.4) is 0 Å². The zero-order chi connectivity index (χ0) is 11.4. The second kappa shape index (κ2) is 5.58. The third-order valence-corrected chi connectivity index (χ3v) is 4.92. The lowest BCUT2D eigenvalue weighted by Crippen LogP contribution is -2.45. The highest BCUT2D eigenvalue weighted by atomic mass is 32.2. The van der Waals surface area contributed by atoms with Gasteiger partial charge in [0.15, 0.2) is 0 Å². The molecule has 1 fully saturated rings. The fourth-order valence-corrected chi connectivity index (χ4v) is 3.72. The molecule has 1 aliphatic heterocycles. The predicted octanol–water partition coefficient (Wildman–Crippen LogP) is 4.18. The van der Waals surface area contributed by atoms with E-state index in [0.29, 0.717) is 10.4 Å². The van der Waals surface area contributed by atoms with Crippen LogP contribution in [0.4, 0.5) is 0 Å². The zero-order valence-corrected chi connectivity index (χ0v) is 11.7. The molecule has 0 aromatic carbocycles. The molecule has 0 radical (unpaired) electrons. The molecule has 1 nitrogen and oxygen atoms in total. The molecule has 1 rings (SSSR count). The Balaban J connectivity index is 2.15. The molecule has 0 aromatic heterocycles. The molecule has 0 aromatic rings. The lowest BCUT2D eigenvalue weighted by molar-refractivity contribution is 0.357. The molecule has 0 aliphatic carbocycles. The zero-order valence-electron chi connectivity index (χ0n) is 10.9. The van der Waals surface area contributed by atoms with E-state index in [1.165, 1.54) is 44.3 Å². The monoisotopic (exact) mass is 229 g/mol. The van der Waals surface area contributed by atoms with Crippen LogP contribution in [0.25, 0.3) is 0 Å². The molecule has 1 atom stereocenters. The smallest absolute Gasteiger partial charge is 0.0621 e. The Kier molecular flexibility index (Phi) is 4.98. The number of hydrogen-bond acceptors (Lipinski definition) is 2. The molecule has 1 unspecified atom stereocenters. The molecule has 1 heterocycles. The van der Waals surface area contributed by atoms with Crippen molar-refractivity contribution in [2.75, 3.05) is 5.75 Å². The van der Waals surface area contributed by atoms with Gasteiger partial charge in [0.05, 0.1) is 4.87 Å². The van der Waals surface area contributed by atoms with Gasteiger partial charge in [-0.25, -0.2) is 0 Å². The fourth-order valence-electron chi connectivity index (χ4n) is 2.33. The Labute approximate surface area is 99.8 Å². The van der Waals surface area contributed by atoms with E-state index in [2.05, 4.69) is 44.8 Å². The van der Waals surface area contributed by atoms with Gasteiger partial charge < -0.3 is 0 Å². The van der Waals surface area contributed by atoms with Crippen molar-refractivity contribution in [3.05, 3.63) is 0 Å². The Hall–Kier alpha value is 0.310. The molecule has 0 saturated carbocycles. The summed E-state index contributed by atoms with van der Waals surface area (Å²) in [5.41, 5.74) is 0.336. The fraction of sp³-hybridized carbons (Fsp3) is 1.00. The highest BCUT2D eigenvalue weighted by Crippen LogP contribution is 2.38. The van der Waals surface area contributed by atoms with Crippen molar-refractivity contribution in [3.8, 4) is 0 Å². The Morgan fingerprint density at radius 2 is 1.73 bits per heavy atom. The van der Waals surface area contributed by atoms with Crippen LogP contribution in [-0.4, -0.2) is 16.2 Å². The average Bonchev–Trinajstić information content (AvgIpc) is 2.41. The van der Waals surface area contributed by atoms with Crippen LogP contribution in [0.1, 0.15) is 66.2 Å². The normalized spacial score (nSPS) is 29.6. The van der Waals surface area contributed by atoms with Crippen molar-refractivity contribution < 1.29 is 0 Å². The SMILES string of the molecule is CCCCCCCC1(C)NC(C)(C)CS1. The molecule has 15 heavy (non-hydrogen) atoms. The number of rotatable bonds is 6. The van der Waals surface area contributed by atoms with E-state index >= 15 is 0 Å². The first kappa shape index (κ1) is 13.4. The minimum atomic E-state index is 0.336. The average molecular weight is 229 g/mol. The molecule has 0 bridgehead atoms.